The van der Waals surface area contributed by atoms with Crippen molar-refractivity contribution in [3.63, 3.8) is 0 Å². The zero-order valence-electron chi connectivity index (χ0n) is 23.9. The second-order valence-electron chi connectivity index (χ2n) is 11.1. The molecular formula is C30H36O14. The van der Waals surface area contributed by atoms with Gasteiger partial charge in [0.1, 0.15) is 36.6 Å². The molecule has 2 fully saturated rings. The summed E-state index contributed by atoms with van der Waals surface area (Å²) in [6, 6.07) is 8.94. The van der Waals surface area contributed by atoms with Crippen molar-refractivity contribution in [1.82, 2.24) is 0 Å². The van der Waals surface area contributed by atoms with Crippen molar-refractivity contribution < 1.29 is 68.6 Å². The van der Waals surface area contributed by atoms with Gasteiger partial charge < -0.3 is 59.1 Å². The maximum Gasteiger partial charge on any atom is 0.331 e. The smallest absolute Gasteiger partial charge is 0.331 e. The number of hydrogen-bond donors (Lipinski definition) is 6. The van der Waals surface area contributed by atoms with E-state index in [9.17, 15) is 40.2 Å². The normalized spacial score (nSPS) is 42.1. The first-order valence-electron chi connectivity index (χ1n) is 14.1. The minimum absolute atomic E-state index is 0.432. The van der Waals surface area contributed by atoms with Crippen LogP contribution in [0.25, 0.3) is 6.08 Å². The number of fused-ring (bicyclic) bond motifs is 1. The summed E-state index contributed by atoms with van der Waals surface area (Å²) in [4.78, 5) is 26.0. The zero-order valence-corrected chi connectivity index (χ0v) is 23.9. The van der Waals surface area contributed by atoms with Gasteiger partial charge in [-0.2, -0.15) is 0 Å². The second kappa shape index (κ2) is 13.1. The molecule has 5 rings (SSSR count). The minimum Gasteiger partial charge on any atom is -0.472 e. The molecule has 240 valence electrons. The lowest BCUT2D eigenvalue weighted by Gasteiger charge is -2.47. The number of esters is 1. The van der Waals surface area contributed by atoms with Gasteiger partial charge in [-0.25, -0.2) is 4.79 Å². The van der Waals surface area contributed by atoms with E-state index in [1.165, 1.54) is 25.2 Å². The second-order valence-corrected chi connectivity index (χ2v) is 11.1. The Morgan fingerprint density at radius 3 is 2.39 bits per heavy atom. The summed E-state index contributed by atoms with van der Waals surface area (Å²) in [5.74, 6) is -2.43. The Bertz CT molecular complexity index is 1280. The van der Waals surface area contributed by atoms with E-state index in [4.69, 9.17) is 28.4 Å². The van der Waals surface area contributed by atoms with Gasteiger partial charge in [-0.1, -0.05) is 35.9 Å². The number of aliphatic hydroxyl groups is 6. The molecule has 0 saturated carbocycles. The van der Waals surface area contributed by atoms with Gasteiger partial charge in [0.15, 0.2) is 30.1 Å². The van der Waals surface area contributed by atoms with Crippen molar-refractivity contribution in [3.8, 4) is 0 Å². The predicted octanol–water partition coefficient (Wildman–Crippen LogP) is -1.33. The standard InChI is InChI=1S/C30H36O14/c1-14-12-18(32)30(10-11-39-27(20(14)30)43-28-24(37)23(36)22(35)17(13-31)41-28)44-29-25(38)26(21(34)15(2)40-29)42-19(33)9-8-16-6-4-3-5-7-16/h3-12,15,17,20-29,31,34-38H,13H2,1-2H3/t15-,17-,20-,21+,22+,23+,24+,25-,26-,27+,28-,29-,30+/m0/s1. The van der Waals surface area contributed by atoms with E-state index in [-0.39, 0.29) is 0 Å². The molecule has 4 aliphatic rings. The van der Waals surface area contributed by atoms with Gasteiger partial charge in [0.25, 0.3) is 0 Å². The molecule has 3 aliphatic heterocycles. The summed E-state index contributed by atoms with van der Waals surface area (Å²) in [6.45, 7) is 2.40. The SMILES string of the molecule is CC1=CC(=O)[C@]2(O[C@@H]3O[C@@H](C)[C@@H](O)[C@H](OC(=O)C=Cc4ccccc4)[C@@H]3O)C=CO[C@H](O[C@@H]3O[C@@H](CO)[C@@H](O)[C@@H](O)[C@H]3O)[C@H]12. The lowest BCUT2D eigenvalue weighted by molar-refractivity contribution is -0.353. The van der Waals surface area contributed by atoms with Crippen molar-refractivity contribution >= 4 is 17.8 Å². The number of aliphatic hydroxyl groups excluding tert-OH is 6. The molecule has 0 spiro atoms. The number of ether oxygens (including phenoxy) is 6. The van der Waals surface area contributed by atoms with Gasteiger partial charge in [-0.3, -0.25) is 4.79 Å². The fourth-order valence-electron chi connectivity index (χ4n) is 5.72. The molecule has 0 unspecified atom stereocenters. The summed E-state index contributed by atoms with van der Waals surface area (Å²) in [6.07, 6.45) is -10.1. The van der Waals surface area contributed by atoms with E-state index in [1.54, 1.807) is 31.2 Å². The molecule has 14 nitrogen and oxygen atoms in total. The topological polar surface area (TPSA) is 211 Å². The molecular weight excluding hydrogens is 584 g/mol. The quantitative estimate of drug-likeness (QED) is 0.147. The molecule has 6 N–H and O–H groups in total. The molecule has 1 aromatic carbocycles. The molecule has 44 heavy (non-hydrogen) atoms. The fourth-order valence-corrected chi connectivity index (χ4v) is 5.72. The van der Waals surface area contributed by atoms with Crippen LogP contribution in [-0.2, 0) is 38.0 Å². The van der Waals surface area contributed by atoms with Crippen LogP contribution < -0.4 is 0 Å². The first-order chi connectivity index (χ1) is 21.0. The average Bonchev–Trinajstić information content (AvgIpc) is 3.27. The molecule has 1 aromatic rings. The Morgan fingerprint density at radius 2 is 1.68 bits per heavy atom. The summed E-state index contributed by atoms with van der Waals surface area (Å²) >= 11 is 0. The Labute approximate surface area is 252 Å². The molecule has 0 radical (unpaired) electrons. The number of hydrogen-bond acceptors (Lipinski definition) is 14. The first-order valence-corrected chi connectivity index (χ1v) is 14.1. The minimum atomic E-state index is -1.86. The van der Waals surface area contributed by atoms with E-state index in [0.29, 0.717) is 5.57 Å². The largest absolute Gasteiger partial charge is 0.472 e. The van der Waals surface area contributed by atoms with Gasteiger partial charge >= 0.3 is 5.97 Å². The maximum absolute atomic E-state index is 13.4. The predicted molar refractivity (Wildman–Crippen MR) is 147 cm³/mol. The highest BCUT2D eigenvalue weighted by atomic mass is 16.8. The summed E-state index contributed by atoms with van der Waals surface area (Å²) in [5.41, 5.74) is -0.704. The van der Waals surface area contributed by atoms with Crippen LogP contribution in [0.4, 0.5) is 0 Å². The Kier molecular flexibility index (Phi) is 9.67. The van der Waals surface area contributed by atoms with Gasteiger partial charge in [0, 0.05) is 6.08 Å². The van der Waals surface area contributed by atoms with Gasteiger partial charge in [-0.05, 0) is 37.6 Å². The fraction of sp³-hybridized carbons (Fsp3) is 0.533. The van der Waals surface area contributed by atoms with Crippen molar-refractivity contribution in [2.45, 2.75) is 87.2 Å². The van der Waals surface area contributed by atoms with Crippen LogP contribution in [0, 0.1) is 5.92 Å². The first kappa shape index (κ1) is 32.4. The Morgan fingerprint density at radius 1 is 0.955 bits per heavy atom. The van der Waals surface area contributed by atoms with Gasteiger partial charge in [-0.15, -0.1) is 0 Å². The van der Waals surface area contributed by atoms with Gasteiger partial charge in [0.05, 0.1) is 24.9 Å². The van der Waals surface area contributed by atoms with Crippen LogP contribution in [0.5, 0.6) is 0 Å². The van der Waals surface area contributed by atoms with Crippen LogP contribution in [0.15, 0.2) is 60.4 Å². The van der Waals surface area contributed by atoms with E-state index in [1.807, 2.05) is 6.07 Å². The summed E-state index contributed by atoms with van der Waals surface area (Å²) in [7, 11) is 0. The molecule has 14 heteroatoms. The molecule has 13 atom stereocenters. The Balaban J connectivity index is 1.34. The molecule has 0 amide bonds. The monoisotopic (exact) mass is 620 g/mol. The number of rotatable bonds is 8. The van der Waals surface area contributed by atoms with Crippen LogP contribution in [0.1, 0.15) is 19.4 Å². The Hall–Kier alpha value is -3.02. The van der Waals surface area contributed by atoms with E-state index in [2.05, 4.69) is 0 Å². The van der Waals surface area contributed by atoms with Crippen molar-refractivity contribution in [1.29, 1.82) is 0 Å². The number of carbonyl (C=O) groups excluding carboxylic acids is 2. The third-order valence-corrected chi connectivity index (χ3v) is 8.17. The highest BCUT2D eigenvalue weighted by Gasteiger charge is 2.60. The number of benzene rings is 1. The number of carbonyl (C=O) groups is 2. The summed E-state index contributed by atoms with van der Waals surface area (Å²) in [5, 5.41) is 62.2. The molecule has 0 aromatic heterocycles. The van der Waals surface area contributed by atoms with Crippen LogP contribution in [0.3, 0.4) is 0 Å². The van der Waals surface area contributed by atoms with E-state index >= 15 is 0 Å². The maximum atomic E-state index is 13.4. The van der Waals surface area contributed by atoms with Crippen molar-refractivity contribution in [2.75, 3.05) is 6.61 Å². The van der Waals surface area contributed by atoms with Crippen molar-refractivity contribution in [2.24, 2.45) is 5.92 Å². The average molecular weight is 621 g/mol. The van der Waals surface area contributed by atoms with Crippen LogP contribution in [0.2, 0.25) is 0 Å². The molecule has 0 bridgehead atoms. The van der Waals surface area contributed by atoms with Crippen LogP contribution in [-0.4, -0.2) is 122 Å². The van der Waals surface area contributed by atoms with Gasteiger partial charge in [0.2, 0.25) is 6.29 Å². The summed E-state index contributed by atoms with van der Waals surface area (Å²) < 4.78 is 34.2. The van der Waals surface area contributed by atoms with Crippen LogP contribution >= 0.6 is 0 Å². The molecule has 2 saturated heterocycles. The zero-order chi connectivity index (χ0) is 31.8. The molecule has 3 heterocycles. The third kappa shape index (κ3) is 6.10. The lowest BCUT2D eigenvalue weighted by Crippen LogP contribution is -2.63. The lowest BCUT2D eigenvalue weighted by atomic mass is 9.83. The third-order valence-electron chi connectivity index (χ3n) is 8.17. The highest BCUT2D eigenvalue weighted by molar-refractivity contribution is 6.03. The van der Waals surface area contributed by atoms with E-state index in [0.717, 1.165) is 17.9 Å². The molecule has 1 aliphatic carbocycles. The number of ketones is 1. The highest BCUT2D eigenvalue weighted by Crippen LogP contribution is 2.46. The van der Waals surface area contributed by atoms with E-state index < -0.39 is 97.6 Å². The van der Waals surface area contributed by atoms with Crippen molar-refractivity contribution in [3.05, 3.63) is 66.0 Å².